The van der Waals surface area contributed by atoms with Crippen LogP contribution >= 0.6 is 0 Å². The van der Waals surface area contributed by atoms with Crippen LogP contribution in [-0.2, 0) is 62.9 Å². The molecule has 82 heavy (non-hydrogen) atoms. The number of aliphatic imine (C=N–C) groups is 4. The zero-order valence-corrected chi connectivity index (χ0v) is 50.4. The number of aliphatic carboxylic acids is 2. The smallest absolute Gasteiger partial charge is 0.328 e. The van der Waals surface area contributed by atoms with Gasteiger partial charge in [-0.05, 0) is 154 Å². The third-order valence-corrected chi connectivity index (χ3v) is 14.5. The van der Waals surface area contributed by atoms with E-state index in [-0.39, 0.29) is 19.6 Å². The van der Waals surface area contributed by atoms with Gasteiger partial charge in [-0.15, -0.1) is 0 Å². The molecule has 0 aromatic heterocycles. The first-order chi connectivity index (χ1) is 38.0. The third kappa shape index (κ3) is 33.0. The number of amidine groups is 2. The fourth-order valence-electron chi connectivity index (χ4n) is 6.80. The van der Waals surface area contributed by atoms with Gasteiger partial charge in [-0.25, -0.2) is 9.59 Å². The number of carboxylic acids is 2. The normalized spacial score (nSPS) is 13.0. The van der Waals surface area contributed by atoms with Crippen LogP contribution < -0.4 is 11.5 Å². The molecule has 22 nitrogen and oxygen atoms in total. The number of aryl methyl sites for hydroxylation is 4. The molecule has 10 N–H and O–H groups in total. The number of nitrogens with two attached hydrogens (primary N) is 2. The molecule has 0 radical (unpaired) electrons. The Hall–Kier alpha value is -7.04. The number of carboxylic acid groups (broad SMARTS) is 2. The quantitative estimate of drug-likeness (QED) is 0.0139. The summed E-state index contributed by atoms with van der Waals surface area (Å²) in [7, 11) is -16.1. The number of unbranched alkanes of at least 4 members (excludes halogenated alkanes) is 2. The van der Waals surface area contributed by atoms with Crippen LogP contribution in [-0.4, -0.2) is 122 Å². The van der Waals surface area contributed by atoms with Crippen LogP contribution in [0.4, 0.5) is 0 Å². The highest BCUT2D eigenvalue weighted by Gasteiger charge is 2.18. The first kappa shape index (κ1) is 73.0. The summed E-state index contributed by atoms with van der Waals surface area (Å²) >= 11 is 0. The highest BCUT2D eigenvalue weighted by molar-refractivity contribution is 7.86. The maximum atomic E-state index is 11.7. The Labute approximate surface area is 482 Å². The highest BCUT2D eigenvalue weighted by atomic mass is 32.2. The predicted octanol–water partition coefficient (Wildman–Crippen LogP) is 8.66. The van der Waals surface area contributed by atoms with Gasteiger partial charge >= 0.3 is 11.9 Å². The Bertz CT molecular complexity index is 3030. The molecule has 2 atom stereocenters. The minimum Gasteiger partial charge on any atom is -0.480 e. The summed E-state index contributed by atoms with van der Waals surface area (Å²) in [5, 5.41) is 19.1. The van der Waals surface area contributed by atoms with Crippen LogP contribution in [0, 0.1) is 27.7 Å². The average molecular weight is 1220 g/mol. The van der Waals surface area contributed by atoms with E-state index in [4.69, 9.17) is 29.7 Å². The van der Waals surface area contributed by atoms with Crippen LogP contribution in [0.5, 0.6) is 0 Å². The van der Waals surface area contributed by atoms with Gasteiger partial charge in [-0.3, -0.25) is 38.2 Å². The van der Waals surface area contributed by atoms with E-state index in [1.807, 2.05) is 65.8 Å². The molecule has 0 bridgehead atoms. The Kier molecular flexibility index (Phi) is 31.8. The predicted molar refractivity (Wildman–Crippen MR) is 319 cm³/mol. The lowest BCUT2D eigenvalue weighted by atomic mass is 10.0. The van der Waals surface area contributed by atoms with Crippen molar-refractivity contribution >= 4 is 75.5 Å². The first-order valence-corrected chi connectivity index (χ1v) is 31.0. The van der Waals surface area contributed by atoms with Gasteiger partial charge in [0.05, 0.1) is 31.3 Å². The molecule has 2 unspecified atom stereocenters. The molecule has 5 rings (SSSR count). The van der Waals surface area contributed by atoms with E-state index in [0.717, 1.165) is 57.6 Å². The van der Waals surface area contributed by atoms with Gasteiger partial charge in [0.1, 0.15) is 12.1 Å². The van der Waals surface area contributed by atoms with Crippen molar-refractivity contribution in [3.05, 3.63) is 155 Å². The molecule has 5 aromatic rings. The van der Waals surface area contributed by atoms with E-state index in [9.17, 15) is 53.5 Å². The van der Waals surface area contributed by atoms with Gasteiger partial charge in [0.2, 0.25) is 0 Å². The number of hydrogen-bond acceptors (Lipinski definition) is 14. The Morgan fingerprint density at radius 1 is 0.427 bits per heavy atom. The molecule has 0 spiro atoms. The fraction of sp³-hybridized carbons (Fsp3) is 0.357. The monoisotopic (exact) mass is 1220 g/mol. The summed E-state index contributed by atoms with van der Waals surface area (Å²) < 4.78 is 118. The molecule has 0 aliphatic carbocycles. The Balaban J connectivity index is 0.000000608. The summed E-state index contributed by atoms with van der Waals surface area (Å²) in [6.07, 6.45) is 4.91. The lowest BCUT2D eigenvalue weighted by Gasteiger charge is -2.11. The van der Waals surface area contributed by atoms with Crippen molar-refractivity contribution in [2.45, 2.75) is 138 Å². The number of benzene rings is 5. The summed E-state index contributed by atoms with van der Waals surface area (Å²) in [6, 6.07) is 30.3. The molecule has 26 heteroatoms. The topological polar surface area (TPSA) is 394 Å². The fourth-order valence-corrected chi connectivity index (χ4v) is 8.72. The molecule has 0 aliphatic rings. The van der Waals surface area contributed by atoms with Crippen molar-refractivity contribution in [3.8, 4) is 0 Å². The second-order valence-electron chi connectivity index (χ2n) is 18.8. The minimum absolute atomic E-state index is 0.0666. The zero-order chi connectivity index (χ0) is 62.4. The molecule has 5 aromatic carbocycles. The van der Waals surface area contributed by atoms with Crippen molar-refractivity contribution in [2.24, 2.45) is 31.4 Å². The van der Waals surface area contributed by atoms with E-state index < -0.39 is 64.5 Å². The van der Waals surface area contributed by atoms with Crippen LogP contribution in [0.25, 0.3) is 0 Å². The summed E-state index contributed by atoms with van der Waals surface area (Å²) in [5.41, 5.74) is 18.4. The highest BCUT2D eigenvalue weighted by Crippen LogP contribution is 2.15. The molecule has 0 aliphatic heterocycles. The number of carbonyl (C=O) groups is 2. The number of rotatable bonds is 22. The lowest BCUT2D eigenvalue weighted by Crippen LogP contribution is -2.20. The molecule has 0 fully saturated rings. The molecule has 0 saturated heterocycles. The van der Waals surface area contributed by atoms with Gasteiger partial charge in [0.15, 0.2) is 0 Å². The van der Waals surface area contributed by atoms with Crippen LogP contribution in [0.1, 0.15) is 99.6 Å². The SMILES string of the molecule is CC(N)=NCCCCC(N=C(C)Cc1cccc(CC(C)=NC(CCCCN=C(C)N)C(=O)O)c1)C(=O)O.Cc1ccc(S(=O)(=O)O)cc1.Cc1ccc(S(=O)(=O)O)cc1.Cc1ccc(S(=O)(=O)O)cc1.Cc1ccc(S(=O)(=O)O)cc1. The van der Waals surface area contributed by atoms with Gasteiger partial charge in [0, 0.05) is 37.4 Å². The second kappa shape index (κ2) is 35.7. The maximum absolute atomic E-state index is 11.7. The van der Waals surface area contributed by atoms with Crippen LogP contribution in [0.3, 0.4) is 0 Å². The van der Waals surface area contributed by atoms with Crippen molar-refractivity contribution in [3.63, 3.8) is 0 Å². The van der Waals surface area contributed by atoms with E-state index in [2.05, 4.69) is 20.0 Å². The van der Waals surface area contributed by atoms with Gasteiger partial charge in [-0.1, -0.05) is 95.1 Å². The van der Waals surface area contributed by atoms with Crippen molar-refractivity contribution in [1.29, 1.82) is 0 Å². The van der Waals surface area contributed by atoms with E-state index in [1.54, 1.807) is 62.4 Å². The largest absolute Gasteiger partial charge is 0.480 e. The summed E-state index contributed by atoms with van der Waals surface area (Å²) in [6.45, 7) is 15.7. The maximum Gasteiger partial charge on any atom is 0.328 e. The van der Waals surface area contributed by atoms with Crippen molar-refractivity contribution in [2.75, 3.05) is 13.1 Å². The van der Waals surface area contributed by atoms with Crippen LogP contribution in [0.2, 0.25) is 0 Å². The first-order valence-electron chi connectivity index (χ1n) is 25.3. The van der Waals surface area contributed by atoms with E-state index in [1.165, 1.54) is 48.5 Å². The molecule has 450 valence electrons. The second-order valence-corrected chi connectivity index (χ2v) is 24.5. The molecular formula is C56H76N6O16S4. The molecule has 0 saturated carbocycles. The zero-order valence-electron chi connectivity index (χ0n) is 47.1. The van der Waals surface area contributed by atoms with Gasteiger partial charge < -0.3 is 21.7 Å². The Morgan fingerprint density at radius 2 is 0.671 bits per heavy atom. The number of hydrogen-bond donors (Lipinski definition) is 8. The van der Waals surface area contributed by atoms with Crippen LogP contribution in [0.15, 0.2) is 161 Å². The van der Waals surface area contributed by atoms with Gasteiger partial charge in [0.25, 0.3) is 40.5 Å². The van der Waals surface area contributed by atoms with E-state index in [0.29, 0.717) is 63.3 Å². The number of nitrogens with zero attached hydrogens (tertiary/aromatic N) is 4. The van der Waals surface area contributed by atoms with E-state index >= 15 is 0 Å². The van der Waals surface area contributed by atoms with Gasteiger partial charge in [-0.2, -0.15) is 33.7 Å². The molecule has 0 heterocycles. The standard InChI is InChI=1S/C28H44N6O4.4C7H8O3S/c1-19(33-25(27(35)36)12-5-7-14-31-21(3)29)16-23-10-9-11-24(18-23)17-20(2)34-26(28(37)38)13-6-8-15-32-22(4)30;4*1-6-2-4-7(5-3-6)11(8,9)10/h9-11,18,25-26H,5-8,12-17H2,1-4H3,(H2,29,31)(H2,30,32)(H,35,36)(H,37,38);4*2-5H,1H3,(H,8,9,10). The Morgan fingerprint density at radius 3 is 0.878 bits per heavy atom. The average Bonchev–Trinajstić information content (AvgIpc) is 3.40. The van der Waals surface area contributed by atoms with Crippen molar-refractivity contribution < 1.29 is 71.7 Å². The summed E-state index contributed by atoms with van der Waals surface area (Å²) in [4.78, 5) is 40.3. The molecular weight excluding hydrogens is 1140 g/mol. The lowest BCUT2D eigenvalue weighted by molar-refractivity contribution is -0.139. The minimum atomic E-state index is -4.02. The third-order valence-electron chi connectivity index (χ3n) is 11.0. The summed E-state index contributed by atoms with van der Waals surface area (Å²) in [5.74, 6) is -0.810. The van der Waals surface area contributed by atoms with Crippen molar-refractivity contribution in [1.82, 2.24) is 0 Å². The molecule has 0 amide bonds.